The molecule has 1 heterocycles. The van der Waals surface area contributed by atoms with Gasteiger partial charge in [-0.05, 0) is 87.3 Å². The molecule has 0 saturated carbocycles. The van der Waals surface area contributed by atoms with E-state index in [0.29, 0.717) is 0 Å². The zero-order valence-corrected chi connectivity index (χ0v) is 16.4. The fourth-order valence-corrected chi connectivity index (χ4v) is 4.45. The molecule has 0 spiro atoms. The molecule has 6 rings (SSSR count). The molecule has 2 nitrogen and oxygen atoms in total. The summed E-state index contributed by atoms with van der Waals surface area (Å²) in [5.74, 6) is 0. The largest absolute Gasteiger partial charge is 0.399 e. The SMILES string of the molecule is Nc1ccc2c(ccc3c4c(ccc32)CCCC4)c1.c1ccc2cnccc2c1. The van der Waals surface area contributed by atoms with Gasteiger partial charge in [-0.2, -0.15) is 0 Å². The summed E-state index contributed by atoms with van der Waals surface area (Å²) in [7, 11) is 0. The summed E-state index contributed by atoms with van der Waals surface area (Å²) in [6.45, 7) is 0. The fraction of sp³-hybridized carbons (Fsp3) is 0.148. The Labute approximate surface area is 171 Å². The summed E-state index contributed by atoms with van der Waals surface area (Å²) in [6, 6.07) is 25.5. The highest BCUT2D eigenvalue weighted by Gasteiger charge is 2.13. The summed E-state index contributed by atoms with van der Waals surface area (Å²) in [5, 5.41) is 7.82. The van der Waals surface area contributed by atoms with Gasteiger partial charge in [0.2, 0.25) is 0 Å². The maximum atomic E-state index is 5.88. The van der Waals surface area contributed by atoms with Gasteiger partial charge in [0, 0.05) is 18.1 Å². The number of fused-ring (bicyclic) bond motifs is 6. The van der Waals surface area contributed by atoms with Crippen LogP contribution in [0.3, 0.4) is 0 Å². The molecule has 0 amide bonds. The lowest BCUT2D eigenvalue weighted by molar-refractivity contribution is 0.690. The van der Waals surface area contributed by atoms with Crippen molar-refractivity contribution in [1.82, 2.24) is 4.98 Å². The van der Waals surface area contributed by atoms with Crippen molar-refractivity contribution >= 4 is 38.0 Å². The summed E-state index contributed by atoms with van der Waals surface area (Å²) in [6.07, 6.45) is 8.81. The van der Waals surface area contributed by atoms with Gasteiger partial charge in [0.25, 0.3) is 0 Å². The number of anilines is 1. The minimum absolute atomic E-state index is 0.838. The molecule has 0 bridgehead atoms. The molecular formula is C27H24N2. The van der Waals surface area contributed by atoms with Gasteiger partial charge in [-0.15, -0.1) is 0 Å². The van der Waals surface area contributed by atoms with Crippen LogP contribution in [0.5, 0.6) is 0 Å². The highest BCUT2D eigenvalue weighted by atomic mass is 14.6. The van der Waals surface area contributed by atoms with E-state index < -0.39 is 0 Å². The molecule has 5 aromatic rings. The number of benzene rings is 4. The number of aromatic nitrogens is 1. The number of nitrogen functional groups attached to an aromatic ring is 1. The Kier molecular flexibility index (Phi) is 4.61. The van der Waals surface area contributed by atoms with Gasteiger partial charge in [0.1, 0.15) is 0 Å². The van der Waals surface area contributed by atoms with Gasteiger partial charge in [-0.1, -0.05) is 54.6 Å². The van der Waals surface area contributed by atoms with Crippen LogP contribution in [-0.2, 0) is 12.8 Å². The van der Waals surface area contributed by atoms with Crippen LogP contribution in [0.25, 0.3) is 32.3 Å². The van der Waals surface area contributed by atoms with Crippen molar-refractivity contribution in [3.8, 4) is 0 Å². The van der Waals surface area contributed by atoms with E-state index in [1.54, 1.807) is 11.1 Å². The molecular weight excluding hydrogens is 352 g/mol. The third-order valence-corrected chi connectivity index (χ3v) is 5.92. The maximum Gasteiger partial charge on any atom is 0.0346 e. The second-order valence-electron chi connectivity index (χ2n) is 7.77. The van der Waals surface area contributed by atoms with E-state index in [1.165, 1.54) is 58.0 Å². The van der Waals surface area contributed by atoms with Crippen LogP contribution < -0.4 is 5.73 Å². The van der Waals surface area contributed by atoms with E-state index in [4.69, 9.17) is 5.73 Å². The fourth-order valence-electron chi connectivity index (χ4n) is 4.45. The van der Waals surface area contributed by atoms with Crippen molar-refractivity contribution in [3.63, 3.8) is 0 Å². The minimum Gasteiger partial charge on any atom is -0.399 e. The first-order valence-electron chi connectivity index (χ1n) is 10.3. The highest BCUT2D eigenvalue weighted by Crippen LogP contribution is 2.33. The van der Waals surface area contributed by atoms with E-state index in [1.807, 2.05) is 36.7 Å². The van der Waals surface area contributed by atoms with Crippen LogP contribution in [0, 0.1) is 0 Å². The summed E-state index contributed by atoms with van der Waals surface area (Å²) < 4.78 is 0. The van der Waals surface area contributed by atoms with E-state index in [2.05, 4.69) is 53.5 Å². The minimum atomic E-state index is 0.838. The zero-order valence-electron chi connectivity index (χ0n) is 16.4. The summed E-state index contributed by atoms with van der Waals surface area (Å²) >= 11 is 0. The number of nitrogens with two attached hydrogens (primary N) is 1. The summed E-state index contributed by atoms with van der Waals surface area (Å²) in [4.78, 5) is 4.01. The predicted octanol–water partition coefficient (Wildman–Crippen LogP) is 6.69. The number of pyridine rings is 1. The van der Waals surface area contributed by atoms with Crippen molar-refractivity contribution in [2.45, 2.75) is 25.7 Å². The Balaban J connectivity index is 0.000000153. The smallest absolute Gasteiger partial charge is 0.0346 e. The molecule has 142 valence electrons. The molecule has 0 fully saturated rings. The Morgan fingerprint density at radius 2 is 1.45 bits per heavy atom. The van der Waals surface area contributed by atoms with Crippen LogP contribution >= 0.6 is 0 Å². The number of nitrogens with zero attached hydrogens (tertiary/aromatic N) is 1. The first-order chi connectivity index (χ1) is 14.3. The molecule has 0 saturated heterocycles. The average molecular weight is 377 g/mol. The maximum absolute atomic E-state index is 5.88. The number of rotatable bonds is 0. The molecule has 0 atom stereocenters. The molecule has 0 aliphatic heterocycles. The highest BCUT2D eigenvalue weighted by molar-refractivity contribution is 6.09. The van der Waals surface area contributed by atoms with Crippen molar-refractivity contribution in [2.75, 3.05) is 5.73 Å². The lowest BCUT2D eigenvalue weighted by Gasteiger charge is -2.18. The Morgan fingerprint density at radius 3 is 2.34 bits per heavy atom. The van der Waals surface area contributed by atoms with Gasteiger partial charge < -0.3 is 5.73 Å². The summed E-state index contributed by atoms with van der Waals surface area (Å²) in [5.41, 5.74) is 9.84. The van der Waals surface area contributed by atoms with Crippen molar-refractivity contribution in [2.24, 2.45) is 0 Å². The Bertz CT molecular complexity index is 1260. The van der Waals surface area contributed by atoms with E-state index in [0.717, 1.165) is 5.69 Å². The Morgan fingerprint density at radius 1 is 0.655 bits per heavy atom. The third-order valence-electron chi connectivity index (χ3n) is 5.92. The van der Waals surface area contributed by atoms with Gasteiger partial charge in [-0.25, -0.2) is 0 Å². The normalized spacial score (nSPS) is 13.1. The lowest BCUT2D eigenvalue weighted by atomic mass is 9.86. The molecule has 4 aromatic carbocycles. The second kappa shape index (κ2) is 7.56. The van der Waals surface area contributed by atoms with Gasteiger partial charge in [0.15, 0.2) is 0 Å². The molecule has 1 aliphatic rings. The lowest BCUT2D eigenvalue weighted by Crippen LogP contribution is -2.03. The second-order valence-corrected chi connectivity index (χ2v) is 7.77. The number of hydrogen-bond acceptors (Lipinski definition) is 2. The third kappa shape index (κ3) is 3.42. The quantitative estimate of drug-likeness (QED) is 0.241. The number of hydrogen-bond donors (Lipinski definition) is 1. The van der Waals surface area contributed by atoms with Crippen LogP contribution in [0.1, 0.15) is 24.0 Å². The van der Waals surface area contributed by atoms with Gasteiger partial charge in [-0.3, -0.25) is 4.98 Å². The van der Waals surface area contributed by atoms with Gasteiger partial charge in [0.05, 0.1) is 0 Å². The van der Waals surface area contributed by atoms with Crippen LogP contribution in [0.4, 0.5) is 5.69 Å². The molecule has 0 unspecified atom stereocenters. The Hall–Kier alpha value is -3.39. The van der Waals surface area contributed by atoms with E-state index in [-0.39, 0.29) is 0 Å². The molecule has 0 radical (unpaired) electrons. The molecule has 29 heavy (non-hydrogen) atoms. The first-order valence-corrected chi connectivity index (χ1v) is 10.3. The van der Waals surface area contributed by atoms with E-state index >= 15 is 0 Å². The van der Waals surface area contributed by atoms with Gasteiger partial charge >= 0.3 is 0 Å². The van der Waals surface area contributed by atoms with Crippen molar-refractivity contribution in [1.29, 1.82) is 0 Å². The number of aryl methyl sites for hydroxylation is 2. The van der Waals surface area contributed by atoms with Crippen molar-refractivity contribution in [3.05, 3.63) is 96.3 Å². The van der Waals surface area contributed by atoms with Crippen LogP contribution in [-0.4, -0.2) is 4.98 Å². The zero-order chi connectivity index (χ0) is 19.6. The first kappa shape index (κ1) is 17.7. The predicted molar refractivity (Wildman–Crippen MR) is 124 cm³/mol. The van der Waals surface area contributed by atoms with Crippen LogP contribution in [0.15, 0.2) is 85.2 Å². The monoisotopic (exact) mass is 376 g/mol. The average Bonchev–Trinajstić information content (AvgIpc) is 2.79. The van der Waals surface area contributed by atoms with E-state index in [9.17, 15) is 0 Å². The molecule has 2 N–H and O–H groups in total. The molecule has 2 heteroatoms. The standard InChI is InChI=1S/C18H17N.C9H7N/c19-14-7-10-16-13(11-14)6-9-17-15-4-2-1-3-12(15)5-8-18(16)17;1-2-4-9-7-10-6-5-8(9)3-1/h5-11H,1-4,19H2;1-7H. The molecule has 1 aromatic heterocycles. The molecule has 1 aliphatic carbocycles. The van der Waals surface area contributed by atoms with Crippen molar-refractivity contribution < 1.29 is 0 Å². The topological polar surface area (TPSA) is 38.9 Å². The van der Waals surface area contributed by atoms with Crippen LogP contribution in [0.2, 0.25) is 0 Å².